The van der Waals surface area contributed by atoms with E-state index in [0.717, 1.165) is 16.9 Å². The maximum Gasteiger partial charge on any atom is 0.250 e. The van der Waals surface area contributed by atoms with Crippen molar-refractivity contribution in [3.8, 4) is 17.2 Å². The standard InChI is InChI=1S/C16H17N3O4S2/c1-3-14-18-19-16(23-14)12-8-15(24-10-12)25(20,21)17-9-11-6-4-5-7-13(11)22-2/h4-8,10,17H,3,9H2,1-2H3. The number of thiophene rings is 1. The zero-order valence-corrected chi connectivity index (χ0v) is 15.4. The number of nitrogens with one attached hydrogen (secondary N) is 1. The fraction of sp³-hybridized carbons (Fsp3) is 0.250. The molecule has 3 rings (SSSR count). The van der Waals surface area contributed by atoms with Crippen molar-refractivity contribution in [2.75, 3.05) is 7.11 Å². The van der Waals surface area contributed by atoms with Crippen molar-refractivity contribution >= 4 is 21.4 Å². The lowest BCUT2D eigenvalue weighted by molar-refractivity contribution is 0.409. The average molecular weight is 379 g/mol. The summed E-state index contributed by atoms with van der Waals surface area (Å²) in [6, 6.07) is 8.79. The van der Waals surface area contributed by atoms with Crippen molar-refractivity contribution in [3.05, 3.63) is 47.2 Å². The number of rotatable bonds is 7. The van der Waals surface area contributed by atoms with E-state index in [2.05, 4.69) is 14.9 Å². The molecule has 3 aromatic rings. The molecular formula is C16H17N3O4S2. The molecule has 0 amide bonds. The summed E-state index contributed by atoms with van der Waals surface area (Å²) < 4.78 is 38.5. The van der Waals surface area contributed by atoms with Gasteiger partial charge in [0.05, 0.1) is 12.7 Å². The van der Waals surface area contributed by atoms with E-state index in [4.69, 9.17) is 9.15 Å². The number of para-hydroxylation sites is 1. The Morgan fingerprint density at radius 3 is 2.80 bits per heavy atom. The fourth-order valence-electron chi connectivity index (χ4n) is 2.18. The van der Waals surface area contributed by atoms with Crippen LogP contribution < -0.4 is 9.46 Å². The summed E-state index contributed by atoms with van der Waals surface area (Å²) in [6.45, 7) is 2.04. The summed E-state index contributed by atoms with van der Waals surface area (Å²) in [6.07, 6.45) is 0.628. The van der Waals surface area contributed by atoms with Gasteiger partial charge in [0.15, 0.2) is 0 Å². The molecule has 0 spiro atoms. The van der Waals surface area contributed by atoms with Crippen molar-refractivity contribution in [2.24, 2.45) is 0 Å². The Bertz CT molecular complexity index is 963. The van der Waals surface area contributed by atoms with E-state index >= 15 is 0 Å². The summed E-state index contributed by atoms with van der Waals surface area (Å²) in [5.74, 6) is 1.47. The van der Waals surface area contributed by atoms with E-state index in [1.165, 1.54) is 6.07 Å². The second kappa shape index (κ2) is 7.34. The minimum Gasteiger partial charge on any atom is -0.496 e. The number of hydrogen-bond acceptors (Lipinski definition) is 7. The molecule has 0 fully saturated rings. The van der Waals surface area contributed by atoms with Crippen molar-refractivity contribution in [1.29, 1.82) is 0 Å². The van der Waals surface area contributed by atoms with Gasteiger partial charge in [0.25, 0.3) is 0 Å². The third-order valence-corrected chi connectivity index (χ3v) is 6.34. The first kappa shape index (κ1) is 17.6. The first-order chi connectivity index (χ1) is 12.0. The van der Waals surface area contributed by atoms with E-state index < -0.39 is 10.0 Å². The van der Waals surface area contributed by atoms with Crippen LogP contribution >= 0.6 is 11.3 Å². The van der Waals surface area contributed by atoms with Crippen LogP contribution in [0.5, 0.6) is 5.75 Å². The molecule has 0 aliphatic carbocycles. The normalized spacial score (nSPS) is 11.6. The van der Waals surface area contributed by atoms with Crippen LogP contribution in [-0.4, -0.2) is 25.7 Å². The number of sulfonamides is 1. The number of aryl methyl sites for hydroxylation is 1. The van der Waals surface area contributed by atoms with Crippen LogP contribution in [0.15, 0.2) is 44.3 Å². The molecule has 9 heteroatoms. The zero-order valence-electron chi connectivity index (χ0n) is 13.7. The Balaban J connectivity index is 1.76. The Labute approximate surface area is 149 Å². The third kappa shape index (κ3) is 3.89. The van der Waals surface area contributed by atoms with Gasteiger partial charge in [-0.15, -0.1) is 21.5 Å². The van der Waals surface area contributed by atoms with Crippen LogP contribution in [0, 0.1) is 0 Å². The van der Waals surface area contributed by atoms with E-state index in [-0.39, 0.29) is 10.8 Å². The molecule has 0 saturated heterocycles. The molecule has 0 atom stereocenters. The van der Waals surface area contributed by atoms with Crippen LogP contribution in [0.2, 0.25) is 0 Å². The molecule has 0 aliphatic heterocycles. The van der Waals surface area contributed by atoms with Gasteiger partial charge in [-0.3, -0.25) is 0 Å². The molecule has 1 N–H and O–H groups in total. The van der Waals surface area contributed by atoms with Crippen molar-refractivity contribution in [1.82, 2.24) is 14.9 Å². The maximum absolute atomic E-state index is 12.5. The number of methoxy groups -OCH3 is 1. The van der Waals surface area contributed by atoms with Gasteiger partial charge < -0.3 is 9.15 Å². The molecule has 2 heterocycles. The fourth-order valence-corrected chi connectivity index (χ4v) is 4.38. The van der Waals surface area contributed by atoms with Crippen LogP contribution in [0.1, 0.15) is 18.4 Å². The van der Waals surface area contributed by atoms with Crippen LogP contribution in [0.25, 0.3) is 11.5 Å². The minimum absolute atomic E-state index is 0.139. The number of ether oxygens (including phenoxy) is 1. The van der Waals surface area contributed by atoms with E-state index in [0.29, 0.717) is 29.5 Å². The SMILES string of the molecule is CCc1nnc(-c2csc(S(=O)(=O)NCc3ccccc3OC)c2)o1. The van der Waals surface area contributed by atoms with Gasteiger partial charge in [0, 0.05) is 23.9 Å². The molecule has 1 aromatic carbocycles. The Morgan fingerprint density at radius 1 is 1.28 bits per heavy atom. The van der Waals surface area contributed by atoms with E-state index in [1.807, 2.05) is 25.1 Å². The van der Waals surface area contributed by atoms with E-state index in [9.17, 15) is 8.42 Å². The summed E-state index contributed by atoms with van der Waals surface area (Å²) in [4.78, 5) is 0. The number of benzene rings is 1. The first-order valence-electron chi connectivity index (χ1n) is 7.56. The lowest BCUT2D eigenvalue weighted by Gasteiger charge is -2.09. The van der Waals surface area contributed by atoms with Crippen LogP contribution in [0.3, 0.4) is 0 Å². The highest BCUT2D eigenvalue weighted by atomic mass is 32.2. The summed E-state index contributed by atoms with van der Waals surface area (Å²) in [5, 5.41) is 9.50. The smallest absolute Gasteiger partial charge is 0.250 e. The predicted molar refractivity (Wildman–Crippen MR) is 94.0 cm³/mol. The van der Waals surface area contributed by atoms with Gasteiger partial charge in [-0.05, 0) is 12.1 Å². The topological polar surface area (TPSA) is 94.3 Å². The Kier molecular flexibility index (Phi) is 5.16. The Morgan fingerprint density at radius 2 is 2.08 bits per heavy atom. The van der Waals surface area contributed by atoms with Gasteiger partial charge >= 0.3 is 0 Å². The second-order valence-electron chi connectivity index (χ2n) is 5.15. The van der Waals surface area contributed by atoms with Gasteiger partial charge in [-0.25, -0.2) is 13.1 Å². The summed E-state index contributed by atoms with van der Waals surface area (Å²) in [5.41, 5.74) is 1.35. The van der Waals surface area contributed by atoms with Gasteiger partial charge in [0.1, 0.15) is 9.96 Å². The average Bonchev–Trinajstić information content (AvgIpc) is 3.29. The molecule has 0 unspecified atom stereocenters. The highest BCUT2D eigenvalue weighted by Gasteiger charge is 2.19. The van der Waals surface area contributed by atoms with Gasteiger partial charge in [-0.2, -0.15) is 0 Å². The van der Waals surface area contributed by atoms with E-state index in [1.54, 1.807) is 18.6 Å². The number of nitrogens with zero attached hydrogens (tertiary/aromatic N) is 2. The molecule has 0 aliphatic rings. The number of aromatic nitrogens is 2. The van der Waals surface area contributed by atoms with Crippen molar-refractivity contribution < 1.29 is 17.6 Å². The first-order valence-corrected chi connectivity index (χ1v) is 9.92. The predicted octanol–water partition coefficient (Wildman–Crippen LogP) is 2.85. The molecule has 0 radical (unpaired) electrons. The van der Waals surface area contributed by atoms with Crippen molar-refractivity contribution in [3.63, 3.8) is 0 Å². The highest BCUT2D eigenvalue weighted by molar-refractivity contribution is 7.91. The summed E-state index contributed by atoms with van der Waals surface area (Å²) in [7, 11) is -2.10. The van der Waals surface area contributed by atoms with Gasteiger partial charge in [0.2, 0.25) is 21.8 Å². The molecule has 25 heavy (non-hydrogen) atoms. The molecule has 0 saturated carbocycles. The van der Waals surface area contributed by atoms with Crippen molar-refractivity contribution in [2.45, 2.75) is 24.1 Å². The second-order valence-corrected chi connectivity index (χ2v) is 8.05. The third-order valence-electron chi connectivity index (χ3n) is 3.50. The summed E-state index contributed by atoms with van der Waals surface area (Å²) >= 11 is 1.10. The molecule has 132 valence electrons. The maximum atomic E-state index is 12.5. The quantitative estimate of drug-likeness (QED) is 0.678. The molecule has 7 nitrogen and oxygen atoms in total. The van der Waals surface area contributed by atoms with Gasteiger partial charge in [-0.1, -0.05) is 25.1 Å². The zero-order chi connectivity index (χ0) is 17.9. The monoisotopic (exact) mass is 379 g/mol. The van der Waals surface area contributed by atoms with Crippen LogP contribution in [0.4, 0.5) is 0 Å². The van der Waals surface area contributed by atoms with Crippen LogP contribution in [-0.2, 0) is 23.0 Å². The lowest BCUT2D eigenvalue weighted by Crippen LogP contribution is -2.22. The molecular weight excluding hydrogens is 362 g/mol. The molecule has 0 bridgehead atoms. The highest BCUT2D eigenvalue weighted by Crippen LogP contribution is 2.28. The number of hydrogen-bond donors (Lipinski definition) is 1. The minimum atomic E-state index is -3.65. The largest absolute Gasteiger partial charge is 0.496 e. The molecule has 2 aromatic heterocycles. The Hall–Kier alpha value is -2.23. The lowest BCUT2D eigenvalue weighted by atomic mass is 10.2.